The molecule has 6 aromatic rings. The average Bonchev–Trinajstić information content (AvgIpc) is 3.27. The highest BCUT2D eigenvalue weighted by Crippen LogP contribution is 2.34. The Labute approximate surface area is 211 Å². The average molecular weight is 491 g/mol. The molecule has 0 aliphatic rings. The normalized spacial score (nSPS) is 11.2. The lowest BCUT2D eigenvalue weighted by molar-refractivity contribution is -0.116. The number of amides is 1. The maximum absolute atomic E-state index is 14.4. The van der Waals surface area contributed by atoms with Gasteiger partial charge in [-0.3, -0.25) is 4.79 Å². The van der Waals surface area contributed by atoms with Gasteiger partial charge in [0.1, 0.15) is 24.0 Å². The highest BCUT2D eigenvalue weighted by Gasteiger charge is 2.19. The highest BCUT2D eigenvalue weighted by molar-refractivity contribution is 5.98. The van der Waals surface area contributed by atoms with Crippen molar-refractivity contribution >= 4 is 33.5 Å². The number of carbonyl (C=O) groups excluding carboxylic acids is 1. The maximum Gasteiger partial charge on any atom is 0.244 e. The van der Waals surface area contributed by atoms with Crippen LogP contribution in [-0.2, 0) is 11.3 Å². The van der Waals surface area contributed by atoms with Gasteiger partial charge in [-0.1, -0.05) is 30.3 Å². The first-order valence-electron chi connectivity index (χ1n) is 11.7. The Bertz CT molecular complexity index is 1760. The van der Waals surface area contributed by atoms with E-state index in [1.54, 1.807) is 18.2 Å². The highest BCUT2D eigenvalue weighted by atomic mass is 19.1. The second-order valence-electron chi connectivity index (χ2n) is 8.65. The second kappa shape index (κ2) is 9.28. The minimum Gasteiger partial charge on any atom is -0.325 e. The third-order valence-electron chi connectivity index (χ3n) is 6.17. The quantitative estimate of drug-likeness (QED) is 0.288. The zero-order valence-corrected chi connectivity index (χ0v) is 19.5. The smallest absolute Gasteiger partial charge is 0.244 e. The van der Waals surface area contributed by atoms with Crippen LogP contribution in [0.25, 0.3) is 44.6 Å². The fourth-order valence-electron chi connectivity index (χ4n) is 4.46. The molecular weight excluding hydrogens is 470 g/mol. The standard InChI is InChI=1S/C30H20F2N4O/c31-20-12-10-19(11-13-20)27-17-24(23-16-21(32)14-15-25(23)34-27)30-35-26-8-4-5-9-28(26)36(30)18-29(37)33-22-6-2-1-3-7-22/h1-17H,18H2,(H,33,37). The molecule has 6 rings (SSSR count). The number of para-hydroxylation sites is 3. The van der Waals surface area contributed by atoms with Crippen LogP contribution in [0.5, 0.6) is 0 Å². The van der Waals surface area contributed by atoms with Gasteiger partial charge in [-0.05, 0) is 72.8 Å². The minimum absolute atomic E-state index is 0.00421. The van der Waals surface area contributed by atoms with E-state index < -0.39 is 5.82 Å². The molecular formula is C30H20F2N4O. The van der Waals surface area contributed by atoms with E-state index in [1.165, 1.54) is 24.3 Å². The van der Waals surface area contributed by atoms with E-state index >= 15 is 0 Å². The third-order valence-corrected chi connectivity index (χ3v) is 6.17. The van der Waals surface area contributed by atoms with Gasteiger partial charge >= 0.3 is 0 Å². The number of imidazole rings is 1. The van der Waals surface area contributed by atoms with Crippen molar-refractivity contribution in [2.75, 3.05) is 5.32 Å². The van der Waals surface area contributed by atoms with E-state index in [9.17, 15) is 13.6 Å². The van der Waals surface area contributed by atoms with Gasteiger partial charge < -0.3 is 9.88 Å². The monoisotopic (exact) mass is 490 g/mol. The lowest BCUT2D eigenvalue weighted by atomic mass is 10.0. The molecule has 0 unspecified atom stereocenters. The van der Waals surface area contributed by atoms with Crippen molar-refractivity contribution in [2.24, 2.45) is 0 Å². The van der Waals surface area contributed by atoms with Gasteiger partial charge in [0.15, 0.2) is 0 Å². The second-order valence-corrected chi connectivity index (χ2v) is 8.65. The van der Waals surface area contributed by atoms with E-state index in [2.05, 4.69) is 5.32 Å². The number of nitrogens with one attached hydrogen (secondary N) is 1. The Kier molecular flexibility index (Phi) is 5.65. The molecule has 0 aliphatic carbocycles. The van der Waals surface area contributed by atoms with E-state index in [-0.39, 0.29) is 18.3 Å². The lowest BCUT2D eigenvalue weighted by Gasteiger charge is -2.13. The molecule has 0 spiro atoms. The fraction of sp³-hybridized carbons (Fsp3) is 0.0333. The number of fused-ring (bicyclic) bond motifs is 2. The molecule has 0 saturated carbocycles. The summed E-state index contributed by atoms with van der Waals surface area (Å²) in [5.74, 6) is -0.475. The lowest BCUT2D eigenvalue weighted by Crippen LogP contribution is -2.19. The number of aromatic nitrogens is 3. The minimum atomic E-state index is -0.408. The van der Waals surface area contributed by atoms with Crippen molar-refractivity contribution in [3.63, 3.8) is 0 Å². The van der Waals surface area contributed by atoms with E-state index in [0.717, 1.165) is 5.52 Å². The zero-order chi connectivity index (χ0) is 25.4. The Morgan fingerprint density at radius 3 is 2.30 bits per heavy atom. The first-order valence-corrected chi connectivity index (χ1v) is 11.7. The van der Waals surface area contributed by atoms with Crippen LogP contribution in [0.15, 0.2) is 103 Å². The van der Waals surface area contributed by atoms with E-state index in [0.29, 0.717) is 44.8 Å². The van der Waals surface area contributed by atoms with E-state index in [1.807, 2.05) is 65.2 Å². The summed E-state index contributed by atoms with van der Waals surface area (Å²) in [6.07, 6.45) is 0. The van der Waals surface area contributed by atoms with Crippen LogP contribution in [0.4, 0.5) is 14.5 Å². The molecule has 5 nitrogen and oxygen atoms in total. The topological polar surface area (TPSA) is 59.8 Å². The van der Waals surface area contributed by atoms with Gasteiger partial charge in [0.2, 0.25) is 5.91 Å². The van der Waals surface area contributed by atoms with Crippen LogP contribution >= 0.6 is 0 Å². The molecule has 0 bridgehead atoms. The molecule has 1 N–H and O–H groups in total. The zero-order valence-electron chi connectivity index (χ0n) is 19.5. The molecule has 0 aliphatic heterocycles. The third kappa shape index (κ3) is 4.43. The summed E-state index contributed by atoms with van der Waals surface area (Å²) in [4.78, 5) is 22.6. The summed E-state index contributed by atoms with van der Waals surface area (Å²) in [6, 6.07) is 29.0. The molecule has 0 atom stereocenters. The van der Waals surface area contributed by atoms with Crippen molar-refractivity contribution in [1.82, 2.24) is 14.5 Å². The molecule has 2 heterocycles. The SMILES string of the molecule is O=C(Cn1c(-c2cc(-c3ccc(F)cc3)nc3ccc(F)cc23)nc2ccccc21)Nc1ccccc1. The van der Waals surface area contributed by atoms with Gasteiger partial charge in [0.25, 0.3) is 0 Å². The number of rotatable bonds is 5. The van der Waals surface area contributed by atoms with Crippen molar-refractivity contribution in [1.29, 1.82) is 0 Å². The summed E-state index contributed by atoms with van der Waals surface area (Å²) in [5, 5.41) is 3.48. The molecule has 2 aromatic heterocycles. The largest absolute Gasteiger partial charge is 0.325 e. The van der Waals surface area contributed by atoms with Gasteiger partial charge in [0.05, 0.1) is 22.2 Å². The molecule has 0 fully saturated rings. The Balaban J connectivity index is 1.54. The Morgan fingerprint density at radius 2 is 1.49 bits per heavy atom. The number of halogens is 2. The van der Waals surface area contributed by atoms with Crippen molar-refractivity contribution in [3.8, 4) is 22.6 Å². The van der Waals surface area contributed by atoms with Crippen LogP contribution in [0.3, 0.4) is 0 Å². The van der Waals surface area contributed by atoms with Crippen molar-refractivity contribution in [3.05, 3.63) is 115 Å². The maximum atomic E-state index is 14.4. The number of hydrogen-bond acceptors (Lipinski definition) is 3. The summed E-state index contributed by atoms with van der Waals surface area (Å²) >= 11 is 0. The molecule has 7 heteroatoms. The summed E-state index contributed by atoms with van der Waals surface area (Å²) < 4.78 is 29.8. The van der Waals surface area contributed by atoms with Gasteiger partial charge in [-0.25, -0.2) is 18.7 Å². The number of hydrogen-bond donors (Lipinski definition) is 1. The Hall–Kier alpha value is -4.91. The van der Waals surface area contributed by atoms with Crippen LogP contribution in [0, 0.1) is 11.6 Å². The van der Waals surface area contributed by atoms with Gasteiger partial charge in [0, 0.05) is 22.2 Å². The van der Waals surface area contributed by atoms with Crippen molar-refractivity contribution in [2.45, 2.75) is 6.54 Å². The molecule has 0 saturated heterocycles. The van der Waals surface area contributed by atoms with Crippen molar-refractivity contribution < 1.29 is 13.6 Å². The number of pyridine rings is 1. The predicted octanol–water partition coefficient (Wildman–Crippen LogP) is 6.84. The summed E-state index contributed by atoms with van der Waals surface area (Å²) in [5.41, 5.74) is 4.63. The molecule has 4 aromatic carbocycles. The van der Waals surface area contributed by atoms with E-state index in [4.69, 9.17) is 9.97 Å². The molecule has 180 valence electrons. The first kappa shape index (κ1) is 22.5. The van der Waals surface area contributed by atoms with Crippen LogP contribution in [-0.4, -0.2) is 20.4 Å². The fourth-order valence-corrected chi connectivity index (χ4v) is 4.46. The summed E-state index contributed by atoms with van der Waals surface area (Å²) in [7, 11) is 0. The van der Waals surface area contributed by atoms with Crippen LogP contribution < -0.4 is 5.32 Å². The predicted molar refractivity (Wildman–Crippen MR) is 141 cm³/mol. The van der Waals surface area contributed by atoms with Gasteiger partial charge in [-0.15, -0.1) is 0 Å². The number of carbonyl (C=O) groups is 1. The number of anilines is 1. The van der Waals surface area contributed by atoms with Gasteiger partial charge in [-0.2, -0.15) is 0 Å². The van der Waals surface area contributed by atoms with Crippen LogP contribution in [0.1, 0.15) is 0 Å². The first-order chi connectivity index (χ1) is 18.0. The number of nitrogens with zero attached hydrogens (tertiary/aromatic N) is 3. The summed E-state index contributed by atoms with van der Waals surface area (Å²) in [6.45, 7) is -0.00421. The molecule has 1 amide bonds. The molecule has 37 heavy (non-hydrogen) atoms. The number of benzene rings is 4. The molecule has 0 radical (unpaired) electrons. The van der Waals surface area contributed by atoms with Crippen LogP contribution in [0.2, 0.25) is 0 Å². The Morgan fingerprint density at radius 1 is 0.757 bits per heavy atom.